The Balaban J connectivity index is 1.45. The van der Waals surface area contributed by atoms with Crippen molar-refractivity contribution in [3.63, 3.8) is 0 Å². The number of benzene rings is 1. The molecule has 0 unspecified atom stereocenters. The molecule has 29 heavy (non-hydrogen) atoms. The fourth-order valence-electron chi connectivity index (χ4n) is 2.62. The van der Waals surface area contributed by atoms with Crippen LogP contribution in [0.5, 0.6) is 0 Å². The van der Waals surface area contributed by atoms with Gasteiger partial charge in [-0.15, -0.1) is 11.3 Å². The van der Waals surface area contributed by atoms with Crippen molar-refractivity contribution in [1.82, 2.24) is 10.1 Å². The van der Waals surface area contributed by atoms with E-state index >= 15 is 0 Å². The van der Waals surface area contributed by atoms with Gasteiger partial charge in [-0.05, 0) is 44.0 Å². The maximum Gasteiger partial charge on any atom is 0.263 e. The van der Waals surface area contributed by atoms with E-state index in [1.165, 1.54) is 29.5 Å². The molecular formula is C19H17N5O3S2. The van der Waals surface area contributed by atoms with Gasteiger partial charge >= 0.3 is 0 Å². The van der Waals surface area contributed by atoms with Gasteiger partial charge in [0.2, 0.25) is 0 Å². The first-order valence-electron chi connectivity index (χ1n) is 8.83. The van der Waals surface area contributed by atoms with Crippen molar-refractivity contribution in [2.24, 2.45) is 0 Å². The Hall–Kier alpha value is -3.16. The monoisotopic (exact) mass is 427 g/mol. The molecule has 2 heterocycles. The molecule has 0 aliphatic heterocycles. The zero-order valence-corrected chi connectivity index (χ0v) is 17.0. The van der Waals surface area contributed by atoms with Crippen molar-refractivity contribution in [3.8, 4) is 6.07 Å². The van der Waals surface area contributed by atoms with Crippen molar-refractivity contribution in [2.75, 3.05) is 10.0 Å². The standard InChI is InChI=1S/C19H17N5O3S2/c1-12-8-18(23-27-12)24-29(25,26)16-6-4-15(5-7-16)21-10-14(9-20)19-22-17(11-28-19)13-2-3-13/h4-8,10-11,13,21H,2-3H2,1H3,(H,23,24). The molecule has 4 rings (SSSR count). The number of nitrogens with one attached hydrogen (secondary N) is 2. The van der Waals surface area contributed by atoms with E-state index in [9.17, 15) is 13.7 Å². The van der Waals surface area contributed by atoms with E-state index in [0.29, 0.717) is 27.9 Å². The Morgan fingerprint density at radius 2 is 2.10 bits per heavy atom. The molecule has 1 fully saturated rings. The second-order valence-electron chi connectivity index (χ2n) is 6.62. The molecule has 10 heteroatoms. The van der Waals surface area contributed by atoms with Crippen molar-refractivity contribution >= 4 is 38.4 Å². The van der Waals surface area contributed by atoms with Gasteiger partial charge in [-0.25, -0.2) is 13.4 Å². The summed E-state index contributed by atoms with van der Waals surface area (Å²) in [6.07, 6.45) is 3.90. The molecule has 3 aromatic rings. The summed E-state index contributed by atoms with van der Waals surface area (Å²) in [5.41, 5.74) is 2.13. The Bertz CT molecular complexity index is 1200. The van der Waals surface area contributed by atoms with Crippen molar-refractivity contribution in [2.45, 2.75) is 30.6 Å². The summed E-state index contributed by atoms with van der Waals surface area (Å²) in [5, 5.41) is 18.7. The first kappa shape index (κ1) is 19.2. The lowest BCUT2D eigenvalue weighted by molar-refractivity contribution is 0.400. The molecule has 1 aromatic carbocycles. The number of sulfonamides is 1. The summed E-state index contributed by atoms with van der Waals surface area (Å²) in [5.74, 6) is 1.17. The summed E-state index contributed by atoms with van der Waals surface area (Å²) < 4.78 is 32.0. The number of allylic oxidation sites excluding steroid dienone is 1. The molecule has 1 aliphatic rings. The minimum Gasteiger partial charge on any atom is -0.360 e. The fourth-order valence-corrected chi connectivity index (χ4v) is 4.47. The van der Waals surface area contributed by atoms with Crippen LogP contribution in [0.15, 0.2) is 51.3 Å². The van der Waals surface area contributed by atoms with Gasteiger partial charge in [-0.1, -0.05) is 5.16 Å². The zero-order valence-electron chi connectivity index (χ0n) is 15.4. The van der Waals surface area contributed by atoms with E-state index in [4.69, 9.17) is 4.52 Å². The summed E-state index contributed by atoms with van der Waals surface area (Å²) in [7, 11) is -3.77. The van der Waals surface area contributed by atoms with Gasteiger partial charge in [0, 0.05) is 29.3 Å². The molecule has 0 saturated heterocycles. The average Bonchev–Trinajstić information content (AvgIpc) is 3.30. The van der Waals surface area contributed by atoms with E-state index in [2.05, 4.69) is 26.2 Å². The number of rotatable bonds is 7. The normalized spacial score (nSPS) is 14.4. The minimum absolute atomic E-state index is 0.0854. The molecule has 8 nitrogen and oxygen atoms in total. The molecule has 0 radical (unpaired) electrons. The Morgan fingerprint density at radius 1 is 1.34 bits per heavy atom. The first-order chi connectivity index (χ1) is 13.9. The summed E-state index contributed by atoms with van der Waals surface area (Å²) in [4.78, 5) is 4.62. The van der Waals surface area contributed by atoms with Gasteiger partial charge in [0.1, 0.15) is 22.4 Å². The van der Waals surface area contributed by atoms with Crippen molar-refractivity contribution < 1.29 is 12.9 Å². The third-order valence-electron chi connectivity index (χ3n) is 4.28. The van der Waals surface area contributed by atoms with Gasteiger partial charge in [0.15, 0.2) is 5.82 Å². The van der Waals surface area contributed by atoms with Crippen LogP contribution in [-0.4, -0.2) is 18.6 Å². The zero-order chi connectivity index (χ0) is 20.4. The molecule has 0 amide bonds. The van der Waals surface area contributed by atoms with E-state index in [1.54, 1.807) is 25.3 Å². The van der Waals surface area contributed by atoms with E-state index in [0.717, 1.165) is 18.5 Å². The Kier molecular flexibility index (Phi) is 5.08. The lowest BCUT2D eigenvalue weighted by Crippen LogP contribution is -2.13. The highest BCUT2D eigenvalue weighted by Gasteiger charge is 2.26. The number of nitriles is 1. The summed E-state index contributed by atoms with van der Waals surface area (Å²) in [6.45, 7) is 1.67. The van der Waals surface area contributed by atoms with Crippen LogP contribution in [-0.2, 0) is 10.0 Å². The first-order valence-corrected chi connectivity index (χ1v) is 11.2. The molecule has 1 aliphatic carbocycles. The molecule has 0 bridgehead atoms. The van der Waals surface area contributed by atoms with E-state index in [-0.39, 0.29) is 10.7 Å². The highest BCUT2D eigenvalue weighted by Crippen LogP contribution is 2.40. The number of hydrogen-bond donors (Lipinski definition) is 2. The molecule has 1 saturated carbocycles. The maximum atomic E-state index is 12.4. The smallest absolute Gasteiger partial charge is 0.263 e. The van der Waals surface area contributed by atoms with Crippen LogP contribution in [0.25, 0.3) is 5.57 Å². The predicted octanol–water partition coefficient (Wildman–Crippen LogP) is 4.09. The Morgan fingerprint density at radius 3 is 2.72 bits per heavy atom. The van der Waals surface area contributed by atoms with Gasteiger partial charge < -0.3 is 9.84 Å². The van der Waals surface area contributed by atoms with Gasteiger partial charge in [0.05, 0.1) is 10.6 Å². The molecular weight excluding hydrogens is 410 g/mol. The third kappa shape index (κ3) is 4.47. The molecule has 148 valence electrons. The third-order valence-corrected chi connectivity index (χ3v) is 6.55. The predicted molar refractivity (Wildman–Crippen MR) is 110 cm³/mol. The van der Waals surface area contributed by atoms with Crippen molar-refractivity contribution in [1.29, 1.82) is 5.26 Å². The number of aromatic nitrogens is 2. The summed E-state index contributed by atoms with van der Waals surface area (Å²) in [6, 6.07) is 9.81. The maximum absolute atomic E-state index is 12.4. The lowest BCUT2D eigenvalue weighted by Gasteiger charge is -2.06. The van der Waals surface area contributed by atoms with Crippen LogP contribution in [0.4, 0.5) is 11.5 Å². The molecule has 2 N–H and O–H groups in total. The highest BCUT2D eigenvalue weighted by atomic mass is 32.2. The minimum atomic E-state index is -3.77. The number of aryl methyl sites for hydroxylation is 1. The van der Waals surface area contributed by atoms with Gasteiger partial charge in [-0.2, -0.15) is 5.26 Å². The van der Waals surface area contributed by atoms with Gasteiger partial charge in [0.25, 0.3) is 10.0 Å². The second-order valence-corrected chi connectivity index (χ2v) is 9.16. The quantitative estimate of drug-likeness (QED) is 0.545. The van der Waals surface area contributed by atoms with Crippen LogP contribution in [0.3, 0.4) is 0 Å². The second kappa shape index (κ2) is 7.69. The van der Waals surface area contributed by atoms with Crippen molar-refractivity contribution in [3.05, 3.63) is 58.4 Å². The fraction of sp³-hybridized carbons (Fsp3) is 0.211. The molecule has 0 atom stereocenters. The van der Waals surface area contributed by atoms with Crippen LogP contribution in [0.1, 0.15) is 35.2 Å². The lowest BCUT2D eigenvalue weighted by atomic mass is 10.3. The SMILES string of the molecule is Cc1cc(NS(=O)(=O)c2ccc(NC=C(C#N)c3nc(C4CC4)cs3)cc2)no1. The molecule has 2 aromatic heterocycles. The molecule has 0 spiro atoms. The topological polar surface area (TPSA) is 121 Å². The van der Waals surface area contributed by atoms with Crippen LogP contribution >= 0.6 is 11.3 Å². The highest BCUT2D eigenvalue weighted by molar-refractivity contribution is 7.92. The number of thiazole rings is 1. The Labute approximate surface area is 171 Å². The van der Waals surface area contributed by atoms with E-state index < -0.39 is 10.0 Å². The van der Waals surface area contributed by atoms with Crippen LogP contribution in [0.2, 0.25) is 0 Å². The average molecular weight is 428 g/mol. The number of nitrogens with zero attached hydrogens (tertiary/aromatic N) is 3. The number of hydrogen-bond acceptors (Lipinski definition) is 8. The van der Waals surface area contributed by atoms with Crippen LogP contribution < -0.4 is 10.0 Å². The van der Waals surface area contributed by atoms with Gasteiger partial charge in [-0.3, -0.25) is 4.72 Å². The summed E-state index contributed by atoms with van der Waals surface area (Å²) >= 11 is 1.45. The van der Waals surface area contributed by atoms with Crippen LogP contribution in [0, 0.1) is 18.3 Å². The van der Waals surface area contributed by atoms with E-state index in [1.807, 2.05) is 5.38 Å². The largest absolute Gasteiger partial charge is 0.360 e. The number of anilines is 2.